The molecule has 0 saturated carbocycles. The molecule has 2 N–H and O–H groups in total. The zero-order valence-corrected chi connectivity index (χ0v) is 6.39. The Morgan fingerprint density at radius 2 is 2.40 bits per heavy atom. The van der Waals surface area contributed by atoms with Gasteiger partial charge in [-0.1, -0.05) is 11.6 Å². The Hall–Kier alpha value is -0.670. The van der Waals surface area contributed by atoms with Crippen molar-refractivity contribution >= 4 is 11.6 Å². The van der Waals surface area contributed by atoms with Crippen molar-refractivity contribution in [3.05, 3.63) is 22.7 Å². The molecule has 4 heteroatoms. The first-order valence-electron chi connectivity index (χ1n) is 2.92. The smallest absolute Gasteiger partial charge is 0.147 e. The van der Waals surface area contributed by atoms with Gasteiger partial charge in [0.15, 0.2) is 0 Å². The molecule has 0 saturated heterocycles. The van der Waals surface area contributed by atoms with E-state index in [0.29, 0.717) is 11.7 Å². The van der Waals surface area contributed by atoms with Gasteiger partial charge in [0.05, 0.1) is 17.6 Å². The molecular formula is C6H8ClN3. The van der Waals surface area contributed by atoms with Crippen LogP contribution in [0.1, 0.15) is 11.4 Å². The van der Waals surface area contributed by atoms with Gasteiger partial charge in [-0.05, 0) is 6.92 Å². The summed E-state index contributed by atoms with van der Waals surface area (Å²) in [7, 11) is 0. The van der Waals surface area contributed by atoms with Crippen molar-refractivity contribution in [3.63, 3.8) is 0 Å². The fourth-order valence-corrected chi connectivity index (χ4v) is 0.854. The molecule has 3 nitrogen and oxygen atoms in total. The summed E-state index contributed by atoms with van der Waals surface area (Å²) in [4.78, 5) is 7.94. The van der Waals surface area contributed by atoms with Crippen LogP contribution in [0.25, 0.3) is 0 Å². The monoisotopic (exact) mass is 157 g/mol. The molecule has 0 radical (unpaired) electrons. The molecule has 0 aliphatic heterocycles. The lowest BCUT2D eigenvalue weighted by atomic mass is 10.3. The molecule has 0 fully saturated rings. The number of hydrogen-bond acceptors (Lipinski definition) is 3. The number of nitrogens with zero attached hydrogens (tertiary/aromatic N) is 2. The quantitative estimate of drug-likeness (QED) is 0.659. The number of halogens is 1. The van der Waals surface area contributed by atoms with Crippen LogP contribution in [-0.2, 0) is 6.54 Å². The molecule has 0 amide bonds. The topological polar surface area (TPSA) is 51.8 Å². The van der Waals surface area contributed by atoms with Crippen LogP contribution < -0.4 is 5.73 Å². The Morgan fingerprint density at radius 1 is 1.70 bits per heavy atom. The maximum atomic E-state index is 5.56. The summed E-state index contributed by atoms with van der Waals surface area (Å²) in [6, 6.07) is 0. The Labute approximate surface area is 64.2 Å². The molecule has 0 aliphatic carbocycles. The highest BCUT2D eigenvalue weighted by atomic mass is 35.5. The number of aromatic nitrogens is 2. The van der Waals surface area contributed by atoms with E-state index in [-0.39, 0.29) is 0 Å². The van der Waals surface area contributed by atoms with Crippen LogP contribution in [0.4, 0.5) is 0 Å². The van der Waals surface area contributed by atoms with Crippen LogP contribution in [0.2, 0.25) is 5.15 Å². The van der Waals surface area contributed by atoms with E-state index in [9.17, 15) is 0 Å². The molecular weight excluding hydrogens is 150 g/mol. The molecule has 0 unspecified atom stereocenters. The SMILES string of the molecule is Cc1nc(Cl)cnc1CN. The number of hydrogen-bond donors (Lipinski definition) is 1. The Bertz CT molecular complexity index is 236. The van der Waals surface area contributed by atoms with Crippen molar-refractivity contribution in [2.45, 2.75) is 13.5 Å². The summed E-state index contributed by atoms with van der Waals surface area (Å²) in [6.45, 7) is 2.25. The average molecular weight is 158 g/mol. The summed E-state index contributed by atoms with van der Waals surface area (Å²) in [5.41, 5.74) is 6.95. The summed E-state index contributed by atoms with van der Waals surface area (Å²) in [5.74, 6) is 0. The maximum Gasteiger partial charge on any atom is 0.147 e. The average Bonchev–Trinajstić information content (AvgIpc) is 1.88. The molecule has 1 aromatic heterocycles. The van der Waals surface area contributed by atoms with Crippen LogP contribution in [0.5, 0.6) is 0 Å². The zero-order chi connectivity index (χ0) is 7.56. The summed E-state index contributed by atoms with van der Waals surface area (Å²) in [5, 5.41) is 0.412. The standard InChI is InChI=1S/C6H8ClN3/c1-4-5(2-8)9-3-6(7)10-4/h3H,2,8H2,1H3. The van der Waals surface area contributed by atoms with Gasteiger partial charge in [-0.15, -0.1) is 0 Å². The van der Waals surface area contributed by atoms with Gasteiger partial charge in [-0.2, -0.15) is 0 Å². The minimum absolute atomic E-state index is 0.412. The van der Waals surface area contributed by atoms with E-state index in [1.165, 1.54) is 6.20 Å². The Balaban J connectivity index is 3.07. The first-order valence-corrected chi connectivity index (χ1v) is 3.30. The van der Waals surface area contributed by atoms with Crippen molar-refractivity contribution in [2.24, 2.45) is 5.73 Å². The molecule has 1 rings (SSSR count). The third-order valence-electron chi connectivity index (χ3n) is 1.21. The molecule has 10 heavy (non-hydrogen) atoms. The third-order valence-corrected chi connectivity index (χ3v) is 1.39. The minimum atomic E-state index is 0.412. The second-order valence-corrected chi connectivity index (χ2v) is 2.32. The lowest BCUT2D eigenvalue weighted by Gasteiger charge is -1.98. The molecule has 0 aliphatic rings. The van der Waals surface area contributed by atoms with Gasteiger partial charge in [0.2, 0.25) is 0 Å². The van der Waals surface area contributed by atoms with Crippen molar-refractivity contribution < 1.29 is 0 Å². The van der Waals surface area contributed by atoms with Gasteiger partial charge >= 0.3 is 0 Å². The highest BCUT2D eigenvalue weighted by Gasteiger charge is 1.98. The zero-order valence-electron chi connectivity index (χ0n) is 5.63. The predicted octanol–water partition coefficient (Wildman–Crippen LogP) is 0.897. The highest BCUT2D eigenvalue weighted by molar-refractivity contribution is 6.29. The number of rotatable bonds is 1. The van der Waals surface area contributed by atoms with E-state index in [1.54, 1.807) is 0 Å². The van der Waals surface area contributed by atoms with E-state index in [1.807, 2.05) is 6.92 Å². The molecule has 0 aromatic carbocycles. The normalized spacial score (nSPS) is 9.90. The van der Waals surface area contributed by atoms with Crippen LogP contribution in [-0.4, -0.2) is 9.97 Å². The second-order valence-electron chi connectivity index (χ2n) is 1.93. The van der Waals surface area contributed by atoms with Crippen LogP contribution in [0, 0.1) is 6.92 Å². The number of aryl methyl sites for hydroxylation is 1. The molecule has 1 heterocycles. The van der Waals surface area contributed by atoms with Crippen LogP contribution in [0.15, 0.2) is 6.20 Å². The summed E-state index contributed by atoms with van der Waals surface area (Å²) in [6.07, 6.45) is 1.50. The van der Waals surface area contributed by atoms with Gasteiger partial charge < -0.3 is 5.73 Å². The van der Waals surface area contributed by atoms with Crippen LogP contribution in [0.3, 0.4) is 0 Å². The maximum absolute atomic E-state index is 5.56. The minimum Gasteiger partial charge on any atom is -0.325 e. The molecule has 0 atom stereocenters. The van der Waals surface area contributed by atoms with Gasteiger partial charge in [-0.25, -0.2) is 4.98 Å². The number of nitrogens with two attached hydrogens (primary N) is 1. The van der Waals surface area contributed by atoms with E-state index in [2.05, 4.69) is 9.97 Å². The van der Waals surface area contributed by atoms with Crippen molar-refractivity contribution in [2.75, 3.05) is 0 Å². The fraction of sp³-hybridized carbons (Fsp3) is 0.333. The second kappa shape index (κ2) is 2.94. The molecule has 0 spiro atoms. The summed E-state index contributed by atoms with van der Waals surface area (Å²) < 4.78 is 0. The van der Waals surface area contributed by atoms with Gasteiger partial charge in [-0.3, -0.25) is 4.98 Å². The Kier molecular flexibility index (Phi) is 2.19. The molecule has 54 valence electrons. The summed E-state index contributed by atoms with van der Waals surface area (Å²) >= 11 is 5.56. The highest BCUT2D eigenvalue weighted by Crippen LogP contribution is 2.05. The van der Waals surface area contributed by atoms with E-state index >= 15 is 0 Å². The lowest BCUT2D eigenvalue weighted by molar-refractivity contribution is 0.929. The largest absolute Gasteiger partial charge is 0.325 e. The first-order chi connectivity index (χ1) is 4.74. The van der Waals surface area contributed by atoms with Crippen molar-refractivity contribution in [1.82, 2.24) is 9.97 Å². The van der Waals surface area contributed by atoms with E-state index < -0.39 is 0 Å². The first kappa shape index (κ1) is 7.44. The van der Waals surface area contributed by atoms with Crippen molar-refractivity contribution in [3.8, 4) is 0 Å². The van der Waals surface area contributed by atoms with Gasteiger partial charge in [0.1, 0.15) is 5.15 Å². The predicted molar refractivity (Wildman–Crippen MR) is 39.7 cm³/mol. The fourth-order valence-electron chi connectivity index (χ4n) is 0.679. The molecule has 1 aromatic rings. The molecule has 0 bridgehead atoms. The van der Waals surface area contributed by atoms with E-state index in [0.717, 1.165) is 11.4 Å². The lowest BCUT2D eigenvalue weighted by Crippen LogP contribution is -2.03. The Morgan fingerprint density at radius 3 is 2.90 bits per heavy atom. The van der Waals surface area contributed by atoms with E-state index in [4.69, 9.17) is 17.3 Å². The van der Waals surface area contributed by atoms with Crippen LogP contribution >= 0.6 is 11.6 Å². The van der Waals surface area contributed by atoms with Gasteiger partial charge in [0, 0.05) is 6.54 Å². The third kappa shape index (κ3) is 1.43. The van der Waals surface area contributed by atoms with Gasteiger partial charge in [0.25, 0.3) is 0 Å². The van der Waals surface area contributed by atoms with Crippen molar-refractivity contribution in [1.29, 1.82) is 0 Å².